The summed E-state index contributed by atoms with van der Waals surface area (Å²) in [4.78, 5) is 16.0. The molecule has 2 bridgehead atoms. The van der Waals surface area contributed by atoms with Crippen LogP contribution in [-0.4, -0.2) is 43.9 Å². The SMILES string of the molecule is Cc1cc(N2C[C@H]3CC[C@@H](C2)C3Nc2nc3n(n2)CCC[C@H]3Oc2cccc(Cl)c2)ncn1. The average molecular weight is 466 g/mol. The molecule has 4 atom stereocenters. The summed E-state index contributed by atoms with van der Waals surface area (Å²) in [6, 6.07) is 10.0. The highest BCUT2D eigenvalue weighted by Crippen LogP contribution is 2.40. The molecule has 3 aromatic rings. The number of hydrogen-bond acceptors (Lipinski definition) is 7. The summed E-state index contributed by atoms with van der Waals surface area (Å²) < 4.78 is 8.24. The van der Waals surface area contributed by atoms with Crippen LogP contribution in [0.25, 0.3) is 0 Å². The number of halogens is 1. The number of piperidine rings is 1. The molecule has 3 aliphatic rings. The number of anilines is 2. The quantitative estimate of drug-likeness (QED) is 0.602. The molecule has 0 radical (unpaired) electrons. The fraction of sp³-hybridized carbons (Fsp3) is 0.500. The molecule has 2 fully saturated rings. The number of aromatic nitrogens is 5. The molecule has 2 aliphatic heterocycles. The number of benzene rings is 1. The number of fused-ring (bicyclic) bond motifs is 3. The van der Waals surface area contributed by atoms with E-state index >= 15 is 0 Å². The smallest absolute Gasteiger partial charge is 0.242 e. The molecule has 1 unspecified atom stereocenters. The van der Waals surface area contributed by atoms with Crippen LogP contribution in [0.5, 0.6) is 5.75 Å². The maximum atomic E-state index is 6.24. The van der Waals surface area contributed by atoms with Crippen LogP contribution < -0.4 is 15.0 Å². The number of rotatable bonds is 5. The molecule has 1 saturated carbocycles. The summed E-state index contributed by atoms with van der Waals surface area (Å²) in [5.41, 5.74) is 1.01. The summed E-state index contributed by atoms with van der Waals surface area (Å²) in [5, 5.41) is 9.16. The van der Waals surface area contributed by atoms with Crippen molar-refractivity contribution in [3.8, 4) is 5.75 Å². The molecule has 33 heavy (non-hydrogen) atoms. The molecule has 0 spiro atoms. The summed E-state index contributed by atoms with van der Waals surface area (Å²) in [6.45, 7) is 4.89. The van der Waals surface area contributed by atoms with Crippen molar-refractivity contribution in [1.82, 2.24) is 24.7 Å². The highest BCUT2D eigenvalue weighted by atomic mass is 35.5. The Hall–Kier alpha value is -2.87. The fourth-order valence-corrected chi connectivity index (χ4v) is 5.78. The second-order valence-electron chi connectivity index (χ2n) is 9.41. The van der Waals surface area contributed by atoms with Crippen molar-refractivity contribution in [2.75, 3.05) is 23.3 Å². The van der Waals surface area contributed by atoms with Crippen LogP contribution in [0.1, 0.15) is 43.3 Å². The van der Waals surface area contributed by atoms with E-state index in [1.165, 1.54) is 12.8 Å². The van der Waals surface area contributed by atoms with Gasteiger partial charge in [0.1, 0.15) is 17.9 Å². The lowest BCUT2D eigenvalue weighted by Gasteiger charge is -2.38. The molecule has 1 aliphatic carbocycles. The standard InChI is InChI=1S/C24H28ClN7O/c1-15-10-21(27-14-26-15)31-12-16-7-8-17(13-31)22(16)28-24-29-23-20(6-3-9-32(23)30-24)33-19-5-2-4-18(25)11-19/h2,4-5,10-11,14,16-17,20,22H,3,6-9,12-13H2,1H3,(H,28,30)/t16-,17+,20-,22?/m1/s1. The van der Waals surface area contributed by atoms with Gasteiger partial charge in [-0.25, -0.2) is 14.6 Å². The molecule has 8 nitrogen and oxygen atoms in total. The van der Waals surface area contributed by atoms with E-state index in [0.717, 1.165) is 61.5 Å². The molecule has 2 aromatic heterocycles. The topological polar surface area (TPSA) is 81.0 Å². The first-order chi connectivity index (χ1) is 16.1. The maximum absolute atomic E-state index is 6.24. The van der Waals surface area contributed by atoms with E-state index in [1.807, 2.05) is 35.9 Å². The molecule has 4 heterocycles. The largest absolute Gasteiger partial charge is 0.482 e. The molecular weight excluding hydrogens is 438 g/mol. The molecule has 6 rings (SSSR count). The normalized spacial score (nSPS) is 26.2. The van der Waals surface area contributed by atoms with Crippen LogP contribution in [0.2, 0.25) is 5.02 Å². The van der Waals surface area contributed by atoms with Gasteiger partial charge in [0.25, 0.3) is 0 Å². The van der Waals surface area contributed by atoms with Gasteiger partial charge in [0, 0.05) is 42.5 Å². The van der Waals surface area contributed by atoms with Crippen molar-refractivity contribution in [3.63, 3.8) is 0 Å². The first-order valence-corrected chi connectivity index (χ1v) is 12.2. The summed E-state index contributed by atoms with van der Waals surface area (Å²) in [5.74, 6) is 4.53. The predicted octanol–water partition coefficient (Wildman–Crippen LogP) is 4.27. The van der Waals surface area contributed by atoms with Gasteiger partial charge in [-0.1, -0.05) is 17.7 Å². The second kappa shape index (κ2) is 8.48. The van der Waals surface area contributed by atoms with Gasteiger partial charge in [-0.05, 0) is 62.6 Å². The Morgan fingerprint density at radius 1 is 1.09 bits per heavy atom. The lowest BCUT2D eigenvalue weighted by molar-refractivity contribution is 0.155. The zero-order valence-corrected chi connectivity index (χ0v) is 19.4. The number of ether oxygens (including phenoxy) is 1. The zero-order chi connectivity index (χ0) is 22.4. The van der Waals surface area contributed by atoms with Crippen molar-refractivity contribution >= 4 is 23.4 Å². The lowest BCUT2D eigenvalue weighted by atomic mass is 9.92. The Bertz CT molecular complexity index is 1140. The van der Waals surface area contributed by atoms with Crippen molar-refractivity contribution in [2.24, 2.45) is 11.8 Å². The fourth-order valence-electron chi connectivity index (χ4n) is 5.60. The van der Waals surface area contributed by atoms with Gasteiger partial charge in [0.05, 0.1) is 0 Å². The first-order valence-electron chi connectivity index (χ1n) is 11.8. The highest BCUT2D eigenvalue weighted by molar-refractivity contribution is 6.30. The maximum Gasteiger partial charge on any atom is 0.242 e. The molecule has 1 aromatic carbocycles. The number of nitrogens with one attached hydrogen (secondary N) is 1. The summed E-state index contributed by atoms with van der Waals surface area (Å²) in [7, 11) is 0. The molecule has 1 N–H and O–H groups in total. The predicted molar refractivity (Wildman–Crippen MR) is 127 cm³/mol. The van der Waals surface area contributed by atoms with E-state index in [-0.39, 0.29) is 6.10 Å². The van der Waals surface area contributed by atoms with E-state index in [9.17, 15) is 0 Å². The molecule has 9 heteroatoms. The van der Waals surface area contributed by atoms with Crippen LogP contribution in [0, 0.1) is 18.8 Å². The Morgan fingerprint density at radius 2 is 1.94 bits per heavy atom. The second-order valence-corrected chi connectivity index (χ2v) is 9.85. The van der Waals surface area contributed by atoms with Crippen molar-refractivity contribution in [2.45, 2.75) is 51.3 Å². The van der Waals surface area contributed by atoms with E-state index in [2.05, 4.69) is 26.3 Å². The number of hydrogen-bond donors (Lipinski definition) is 1. The molecule has 1 saturated heterocycles. The van der Waals surface area contributed by atoms with E-state index in [4.69, 9.17) is 26.4 Å². The third-order valence-electron chi connectivity index (χ3n) is 7.14. The van der Waals surface area contributed by atoms with Crippen molar-refractivity contribution in [3.05, 3.63) is 53.2 Å². The van der Waals surface area contributed by atoms with Crippen LogP contribution >= 0.6 is 11.6 Å². The molecule has 0 amide bonds. The van der Waals surface area contributed by atoms with Crippen molar-refractivity contribution < 1.29 is 4.74 Å². The van der Waals surface area contributed by atoms with Crippen LogP contribution in [-0.2, 0) is 6.54 Å². The first kappa shape index (κ1) is 20.7. The van der Waals surface area contributed by atoms with Gasteiger partial charge in [-0.2, -0.15) is 4.98 Å². The van der Waals surface area contributed by atoms with E-state index in [1.54, 1.807) is 6.33 Å². The zero-order valence-electron chi connectivity index (χ0n) is 18.7. The minimum Gasteiger partial charge on any atom is -0.482 e. The van der Waals surface area contributed by atoms with Gasteiger partial charge < -0.3 is 15.0 Å². The van der Waals surface area contributed by atoms with Gasteiger partial charge in [-0.3, -0.25) is 0 Å². The van der Waals surface area contributed by atoms with Gasteiger partial charge >= 0.3 is 0 Å². The summed E-state index contributed by atoms with van der Waals surface area (Å²) >= 11 is 6.13. The van der Waals surface area contributed by atoms with Gasteiger partial charge in [0.15, 0.2) is 11.9 Å². The number of aryl methyl sites for hydroxylation is 2. The Labute approximate surface area is 198 Å². The van der Waals surface area contributed by atoms with Gasteiger partial charge in [0.2, 0.25) is 5.95 Å². The van der Waals surface area contributed by atoms with Crippen molar-refractivity contribution in [1.29, 1.82) is 0 Å². The lowest BCUT2D eigenvalue weighted by Crippen LogP contribution is -2.48. The van der Waals surface area contributed by atoms with Crippen LogP contribution in [0.4, 0.5) is 11.8 Å². The Morgan fingerprint density at radius 3 is 2.73 bits per heavy atom. The van der Waals surface area contributed by atoms with Gasteiger partial charge in [-0.15, -0.1) is 5.10 Å². The van der Waals surface area contributed by atoms with E-state index in [0.29, 0.717) is 22.9 Å². The molecular formula is C24H28ClN7O. The van der Waals surface area contributed by atoms with E-state index < -0.39 is 0 Å². The minimum atomic E-state index is -0.111. The highest BCUT2D eigenvalue weighted by Gasteiger charge is 2.43. The Balaban J connectivity index is 1.17. The third-order valence-corrected chi connectivity index (χ3v) is 7.38. The van der Waals surface area contributed by atoms with Crippen LogP contribution in [0.15, 0.2) is 36.7 Å². The van der Waals surface area contributed by atoms with Crippen LogP contribution in [0.3, 0.4) is 0 Å². The monoisotopic (exact) mass is 465 g/mol. The molecule has 172 valence electrons. The summed E-state index contributed by atoms with van der Waals surface area (Å²) in [6.07, 6.45) is 5.93. The Kier molecular flexibility index (Phi) is 5.32. The number of nitrogens with zero attached hydrogens (tertiary/aromatic N) is 6. The third kappa shape index (κ3) is 4.12. The minimum absolute atomic E-state index is 0.111. The average Bonchev–Trinajstić information content (AvgIpc) is 3.31.